The Bertz CT molecular complexity index is 200. The molecule has 0 aliphatic heterocycles. The van der Waals surface area contributed by atoms with E-state index in [1.54, 1.807) is 7.11 Å². The molecule has 2 nitrogen and oxygen atoms in total. The van der Waals surface area contributed by atoms with E-state index in [4.69, 9.17) is 4.74 Å². The third-order valence-corrected chi connectivity index (χ3v) is 4.47. The van der Waals surface area contributed by atoms with Gasteiger partial charge in [-0.05, 0) is 31.7 Å². The largest absolute Gasteiger partial charge is 0.383 e. The van der Waals surface area contributed by atoms with Gasteiger partial charge >= 0.3 is 0 Å². The molecule has 3 heteroatoms. The number of hydrogen-bond donors (Lipinski definition) is 1. The monoisotopic (exact) mass is 273 g/mol. The minimum Gasteiger partial charge on any atom is -0.383 e. The van der Waals surface area contributed by atoms with E-state index in [1.165, 1.54) is 45.1 Å². The maximum atomic E-state index is 5.38. The van der Waals surface area contributed by atoms with Gasteiger partial charge < -0.3 is 4.74 Å². The van der Waals surface area contributed by atoms with E-state index in [2.05, 4.69) is 31.4 Å². The molecule has 0 radical (unpaired) electrons. The highest BCUT2D eigenvalue weighted by molar-refractivity contribution is 7.80. The van der Waals surface area contributed by atoms with E-state index in [0.29, 0.717) is 6.04 Å². The molecule has 0 bridgehead atoms. The van der Waals surface area contributed by atoms with Crippen LogP contribution in [0.3, 0.4) is 0 Å². The van der Waals surface area contributed by atoms with Gasteiger partial charge in [-0.1, -0.05) is 33.1 Å². The highest BCUT2D eigenvalue weighted by atomic mass is 32.1. The number of thiol groups is 1. The maximum absolute atomic E-state index is 5.38. The summed E-state index contributed by atoms with van der Waals surface area (Å²) < 4.78 is 5.38. The van der Waals surface area contributed by atoms with Crippen LogP contribution in [-0.2, 0) is 4.74 Å². The van der Waals surface area contributed by atoms with E-state index in [0.717, 1.165) is 24.3 Å². The highest BCUT2D eigenvalue weighted by Crippen LogP contribution is 2.25. The smallest absolute Gasteiger partial charge is 0.0626 e. The van der Waals surface area contributed by atoms with Crippen LogP contribution in [-0.4, -0.2) is 43.0 Å². The molecule has 0 amide bonds. The SMILES string of the molecule is COCC(CS)N(CCC(C)C)C1CCCCC1. The molecule has 0 aromatic carbocycles. The zero-order chi connectivity index (χ0) is 13.4. The van der Waals surface area contributed by atoms with Crippen molar-refractivity contribution in [3.8, 4) is 0 Å². The van der Waals surface area contributed by atoms with E-state index in [-0.39, 0.29) is 0 Å². The summed E-state index contributed by atoms with van der Waals surface area (Å²) >= 11 is 4.53. The molecule has 1 fully saturated rings. The van der Waals surface area contributed by atoms with Gasteiger partial charge in [-0.15, -0.1) is 0 Å². The number of rotatable bonds is 8. The van der Waals surface area contributed by atoms with Crippen molar-refractivity contribution >= 4 is 12.6 Å². The van der Waals surface area contributed by atoms with E-state index < -0.39 is 0 Å². The lowest BCUT2D eigenvalue weighted by Crippen LogP contribution is -2.48. The number of ether oxygens (including phenoxy) is 1. The van der Waals surface area contributed by atoms with Gasteiger partial charge in [-0.2, -0.15) is 12.6 Å². The molecule has 1 rings (SSSR count). The molecule has 1 saturated carbocycles. The van der Waals surface area contributed by atoms with E-state index >= 15 is 0 Å². The van der Waals surface area contributed by atoms with Crippen molar-refractivity contribution in [1.82, 2.24) is 4.90 Å². The molecule has 0 N–H and O–H groups in total. The average Bonchev–Trinajstić information content (AvgIpc) is 2.38. The molecule has 1 aliphatic carbocycles. The Morgan fingerprint density at radius 3 is 2.39 bits per heavy atom. The van der Waals surface area contributed by atoms with Crippen molar-refractivity contribution in [2.24, 2.45) is 5.92 Å². The summed E-state index contributed by atoms with van der Waals surface area (Å²) in [5, 5.41) is 0. The number of nitrogens with zero attached hydrogens (tertiary/aromatic N) is 1. The Morgan fingerprint density at radius 1 is 1.22 bits per heavy atom. The summed E-state index contributed by atoms with van der Waals surface area (Å²) in [6, 6.07) is 1.25. The Morgan fingerprint density at radius 2 is 1.89 bits per heavy atom. The van der Waals surface area contributed by atoms with Crippen LogP contribution in [0.5, 0.6) is 0 Å². The van der Waals surface area contributed by atoms with E-state index in [9.17, 15) is 0 Å². The van der Waals surface area contributed by atoms with Gasteiger partial charge in [0.15, 0.2) is 0 Å². The van der Waals surface area contributed by atoms with Gasteiger partial charge in [0.05, 0.1) is 6.61 Å². The molecule has 1 unspecified atom stereocenters. The standard InChI is InChI=1S/C15H31NOS/c1-13(2)9-10-16(15(12-18)11-17-3)14-7-5-4-6-8-14/h13-15,18H,4-12H2,1-3H3. The van der Waals surface area contributed by atoms with Gasteiger partial charge in [0, 0.05) is 24.9 Å². The average molecular weight is 273 g/mol. The van der Waals surface area contributed by atoms with Crippen molar-refractivity contribution in [2.45, 2.75) is 64.5 Å². The van der Waals surface area contributed by atoms with E-state index in [1.807, 2.05) is 0 Å². The second kappa shape index (κ2) is 9.22. The van der Waals surface area contributed by atoms with Gasteiger partial charge in [0.1, 0.15) is 0 Å². The molecule has 108 valence electrons. The molecule has 0 aromatic rings. The third-order valence-electron chi connectivity index (χ3n) is 4.05. The Labute approximate surface area is 119 Å². The number of methoxy groups -OCH3 is 1. The fourth-order valence-corrected chi connectivity index (χ4v) is 3.24. The maximum Gasteiger partial charge on any atom is 0.0626 e. The molecule has 0 saturated heterocycles. The Hall–Kier alpha value is 0.270. The van der Waals surface area contributed by atoms with Crippen LogP contribution in [0, 0.1) is 5.92 Å². The van der Waals surface area contributed by atoms with Gasteiger partial charge in [0.2, 0.25) is 0 Å². The molecule has 1 atom stereocenters. The first-order valence-electron chi connectivity index (χ1n) is 7.54. The molecule has 18 heavy (non-hydrogen) atoms. The summed E-state index contributed by atoms with van der Waals surface area (Å²) in [5.41, 5.74) is 0. The summed E-state index contributed by atoms with van der Waals surface area (Å²) in [4.78, 5) is 2.69. The van der Waals surface area contributed by atoms with Crippen LogP contribution >= 0.6 is 12.6 Å². The predicted octanol–water partition coefficient (Wildman–Crippen LogP) is 3.61. The van der Waals surface area contributed by atoms with Crippen LogP contribution in [0.15, 0.2) is 0 Å². The second-order valence-corrected chi connectivity index (χ2v) is 6.37. The first-order valence-corrected chi connectivity index (χ1v) is 8.17. The summed E-state index contributed by atoms with van der Waals surface area (Å²) in [6.45, 7) is 6.64. The summed E-state index contributed by atoms with van der Waals surface area (Å²) in [6.07, 6.45) is 8.23. The van der Waals surface area contributed by atoms with Crippen LogP contribution in [0.2, 0.25) is 0 Å². The third kappa shape index (κ3) is 5.50. The summed E-state index contributed by atoms with van der Waals surface area (Å²) in [7, 11) is 1.80. The molecular weight excluding hydrogens is 242 g/mol. The van der Waals surface area contributed by atoms with Crippen LogP contribution in [0.4, 0.5) is 0 Å². The Balaban J connectivity index is 2.58. The first kappa shape index (κ1) is 16.3. The van der Waals surface area contributed by atoms with Crippen molar-refractivity contribution in [3.63, 3.8) is 0 Å². The second-order valence-electron chi connectivity index (χ2n) is 6.00. The molecule has 0 aromatic heterocycles. The predicted molar refractivity (Wildman–Crippen MR) is 82.6 cm³/mol. The van der Waals surface area contributed by atoms with Crippen molar-refractivity contribution < 1.29 is 4.74 Å². The number of hydrogen-bond acceptors (Lipinski definition) is 3. The van der Waals surface area contributed by atoms with Gasteiger partial charge in [0.25, 0.3) is 0 Å². The molecule has 1 aliphatic rings. The molecular formula is C15H31NOS. The minimum absolute atomic E-state index is 0.486. The highest BCUT2D eigenvalue weighted by Gasteiger charge is 2.26. The lowest BCUT2D eigenvalue weighted by molar-refractivity contribution is 0.0542. The minimum atomic E-state index is 0.486. The van der Waals surface area contributed by atoms with Crippen LogP contribution in [0.1, 0.15) is 52.4 Å². The molecule has 0 spiro atoms. The quantitative estimate of drug-likeness (QED) is 0.678. The lowest BCUT2D eigenvalue weighted by atomic mass is 9.92. The van der Waals surface area contributed by atoms with Gasteiger partial charge in [-0.25, -0.2) is 0 Å². The summed E-state index contributed by atoms with van der Waals surface area (Å²) in [5.74, 6) is 1.68. The fraction of sp³-hybridized carbons (Fsp3) is 1.00. The molecule has 0 heterocycles. The lowest BCUT2D eigenvalue weighted by Gasteiger charge is -2.39. The normalized spacial score (nSPS) is 19.7. The van der Waals surface area contributed by atoms with Gasteiger partial charge in [-0.3, -0.25) is 4.90 Å². The topological polar surface area (TPSA) is 12.5 Å². The van der Waals surface area contributed by atoms with Crippen LogP contribution in [0.25, 0.3) is 0 Å². The first-order chi connectivity index (χ1) is 8.69. The van der Waals surface area contributed by atoms with Crippen molar-refractivity contribution in [1.29, 1.82) is 0 Å². The zero-order valence-corrected chi connectivity index (χ0v) is 13.3. The van der Waals surface area contributed by atoms with Crippen molar-refractivity contribution in [3.05, 3.63) is 0 Å². The Kier molecular flexibility index (Phi) is 8.36. The van der Waals surface area contributed by atoms with Crippen molar-refractivity contribution in [2.75, 3.05) is 26.0 Å². The fourth-order valence-electron chi connectivity index (χ4n) is 2.93. The zero-order valence-electron chi connectivity index (χ0n) is 12.4. The van der Waals surface area contributed by atoms with Crippen LogP contribution < -0.4 is 0 Å².